The molecule has 15 heteroatoms. The first-order valence-corrected chi connectivity index (χ1v) is 15.7. The predicted molar refractivity (Wildman–Crippen MR) is 172 cm³/mol. The molecule has 1 aliphatic heterocycles. The lowest BCUT2D eigenvalue weighted by atomic mass is 10.2. The fourth-order valence-electron chi connectivity index (χ4n) is 5.40. The zero-order chi connectivity index (χ0) is 32.5. The molecule has 2 aromatic carbocycles. The number of thiazole rings is 1. The number of aliphatic hydroxyl groups is 1. The predicted octanol–water partition coefficient (Wildman–Crippen LogP) is 4.36. The Hall–Kier alpha value is -4.60. The number of benzene rings is 2. The van der Waals surface area contributed by atoms with Crippen molar-refractivity contribution in [2.24, 2.45) is 0 Å². The summed E-state index contributed by atoms with van der Waals surface area (Å²) in [5.74, 6) is 0.854. The molecule has 0 saturated carbocycles. The number of nitrogens with one attached hydrogen (secondary N) is 2. The number of carbonyl (C=O) groups excluding carboxylic acids is 1. The third-order valence-electron chi connectivity index (χ3n) is 7.56. The second kappa shape index (κ2) is 15.6. The molecule has 0 radical (unpaired) electrons. The summed E-state index contributed by atoms with van der Waals surface area (Å²) >= 11 is 1.30. The van der Waals surface area contributed by atoms with Crippen molar-refractivity contribution in [2.45, 2.75) is 31.7 Å². The van der Waals surface area contributed by atoms with E-state index < -0.39 is 11.9 Å². The first-order valence-electron chi connectivity index (χ1n) is 14.9. The minimum absolute atomic E-state index is 0.0812. The second-order valence-corrected chi connectivity index (χ2v) is 11.8. The molecule has 1 saturated heterocycles. The number of aliphatic hydroxyl groups excluding tert-OH is 1. The Balaban J connectivity index is 1.17. The number of ether oxygens (including phenoxy) is 2. The summed E-state index contributed by atoms with van der Waals surface area (Å²) in [5.41, 5.74) is 1.02. The van der Waals surface area contributed by atoms with Gasteiger partial charge in [-0.2, -0.15) is 0 Å². The number of carboxylic acid groups (broad SMARTS) is 1. The van der Waals surface area contributed by atoms with Gasteiger partial charge < -0.3 is 35.2 Å². The SMILES string of the molecule is COc1cc2c(Nc3ncc(CC(=O)Nc4cccc(F)c4)s3)ncnc2cc1OCCCN1CCC[C@H]1CN(CCO)C(=O)O. The van der Waals surface area contributed by atoms with E-state index in [4.69, 9.17) is 9.47 Å². The number of rotatable bonds is 15. The maximum atomic E-state index is 13.4. The lowest BCUT2D eigenvalue weighted by Crippen LogP contribution is -2.44. The van der Waals surface area contributed by atoms with Gasteiger partial charge in [-0.3, -0.25) is 9.69 Å². The fraction of sp³-hybridized carbons (Fsp3) is 0.387. The molecule has 1 aliphatic rings. The number of hydrogen-bond donors (Lipinski definition) is 4. The van der Waals surface area contributed by atoms with Gasteiger partial charge in [-0.25, -0.2) is 24.1 Å². The highest BCUT2D eigenvalue weighted by Crippen LogP contribution is 2.35. The smallest absolute Gasteiger partial charge is 0.407 e. The van der Waals surface area contributed by atoms with Crippen molar-refractivity contribution in [1.82, 2.24) is 24.8 Å². The number of amides is 2. The summed E-state index contributed by atoms with van der Waals surface area (Å²) in [6, 6.07) is 9.43. The zero-order valence-corrected chi connectivity index (χ0v) is 26.1. The highest BCUT2D eigenvalue weighted by molar-refractivity contribution is 7.15. The summed E-state index contributed by atoms with van der Waals surface area (Å²) in [4.78, 5) is 41.4. The van der Waals surface area contributed by atoms with Crippen LogP contribution in [0.4, 0.5) is 25.8 Å². The van der Waals surface area contributed by atoms with Crippen LogP contribution in [0.25, 0.3) is 10.9 Å². The summed E-state index contributed by atoms with van der Waals surface area (Å²) < 4.78 is 25.1. The molecule has 2 aromatic heterocycles. The third kappa shape index (κ3) is 8.56. The van der Waals surface area contributed by atoms with E-state index in [0.717, 1.165) is 32.4 Å². The van der Waals surface area contributed by atoms with Crippen LogP contribution in [0.5, 0.6) is 11.5 Å². The number of nitrogens with zero attached hydrogens (tertiary/aromatic N) is 5. The summed E-state index contributed by atoms with van der Waals surface area (Å²) in [5, 5.41) is 25.7. The lowest BCUT2D eigenvalue weighted by Gasteiger charge is -2.29. The molecule has 4 aromatic rings. The lowest BCUT2D eigenvalue weighted by molar-refractivity contribution is -0.115. The van der Waals surface area contributed by atoms with Crippen LogP contribution < -0.4 is 20.1 Å². The van der Waals surface area contributed by atoms with Crippen molar-refractivity contribution in [1.29, 1.82) is 0 Å². The van der Waals surface area contributed by atoms with Gasteiger partial charge in [-0.05, 0) is 50.1 Å². The van der Waals surface area contributed by atoms with Gasteiger partial charge in [0, 0.05) is 53.9 Å². The van der Waals surface area contributed by atoms with E-state index in [1.807, 2.05) is 0 Å². The zero-order valence-electron chi connectivity index (χ0n) is 25.3. The average molecular weight is 654 g/mol. The van der Waals surface area contributed by atoms with Crippen molar-refractivity contribution in [3.63, 3.8) is 0 Å². The maximum Gasteiger partial charge on any atom is 0.407 e. The normalized spacial score (nSPS) is 14.7. The fourth-order valence-corrected chi connectivity index (χ4v) is 6.21. The van der Waals surface area contributed by atoms with Crippen LogP contribution in [0.1, 0.15) is 24.1 Å². The standard InChI is InChI=1S/C31H36FN7O6S/c1-44-26-15-24-25(16-27(26)45-12-4-9-38-8-3-7-22(38)18-39(10-11-40)31(42)43)34-19-35-29(24)37-30-33-17-23(46-30)14-28(41)36-21-6-2-5-20(32)13-21/h2,5-6,13,15-17,19,22,40H,3-4,7-12,14,18H2,1H3,(H,36,41)(H,42,43)(H,33,34,35,37)/t22-/m0/s1. The van der Waals surface area contributed by atoms with Gasteiger partial charge in [0.05, 0.1) is 32.3 Å². The number of halogens is 1. The number of fused-ring (bicyclic) bond motifs is 1. The van der Waals surface area contributed by atoms with Crippen LogP contribution in [-0.2, 0) is 11.2 Å². The third-order valence-corrected chi connectivity index (χ3v) is 8.47. The highest BCUT2D eigenvalue weighted by Gasteiger charge is 2.27. The number of likely N-dealkylation sites (tertiary alicyclic amines) is 1. The van der Waals surface area contributed by atoms with Gasteiger partial charge in [0.15, 0.2) is 16.6 Å². The minimum Gasteiger partial charge on any atom is -0.493 e. The van der Waals surface area contributed by atoms with E-state index in [2.05, 4.69) is 30.5 Å². The molecule has 46 heavy (non-hydrogen) atoms. The topological polar surface area (TPSA) is 162 Å². The van der Waals surface area contributed by atoms with E-state index in [9.17, 15) is 24.2 Å². The van der Waals surface area contributed by atoms with E-state index >= 15 is 0 Å². The molecule has 1 atom stereocenters. The van der Waals surface area contributed by atoms with Crippen molar-refractivity contribution < 1.29 is 33.7 Å². The Bertz CT molecular complexity index is 1660. The van der Waals surface area contributed by atoms with Gasteiger partial charge in [0.1, 0.15) is 18.0 Å². The van der Waals surface area contributed by atoms with Gasteiger partial charge in [-0.15, -0.1) is 11.3 Å². The minimum atomic E-state index is -1.02. The molecule has 4 N–H and O–H groups in total. The quantitative estimate of drug-likeness (QED) is 0.135. The van der Waals surface area contributed by atoms with Crippen molar-refractivity contribution in [2.75, 3.05) is 57.1 Å². The van der Waals surface area contributed by atoms with Crippen molar-refractivity contribution in [3.8, 4) is 11.5 Å². The van der Waals surface area contributed by atoms with Crippen LogP contribution in [-0.4, -0.2) is 99.5 Å². The van der Waals surface area contributed by atoms with E-state index in [1.165, 1.54) is 40.8 Å². The van der Waals surface area contributed by atoms with Gasteiger partial charge in [0.2, 0.25) is 5.91 Å². The monoisotopic (exact) mass is 653 g/mol. The van der Waals surface area contributed by atoms with E-state index in [-0.39, 0.29) is 31.5 Å². The van der Waals surface area contributed by atoms with Gasteiger partial charge in [-0.1, -0.05) is 6.07 Å². The molecule has 5 rings (SSSR count). The number of aromatic nitrogens is 3. The van der Waals surface area contributed by atoms with Crippen LogP contribution in [0.2, 0.25) is 0 Å². The molecule has 0 spiro atoms. The summed E-state index contributed by atoms with van der Waals surface area (Å²) in [7, 11) is 1.56. The molecule has 1 fully saturated rings. The molecular weight excluding hydrogens is 617 g/mol. The Morgan fingerprint density at radius 2 is 2.07 bits per heavy atom. The highest BCUT2D eigenvalue weighted by atomic mass is 32.1. The molecule has 0 aliphatic carbocycles. The molecular formula is C31H36FN7O6S. The van der Waals surface area contributed by atoms with Crippen LogP contribution >= 0.6 is 11.3 Å². The largest absolute Gasteiger partial charge is 0.493 e. The molecule has 0 unspecified atom stereocenters. The Labute approximate surface area is 269 Å². The summed E-state index contributed by atoms with van der Waals surface area (Å²) in [6.07, 6.45) is 4.75. The Morgan fingerprint density at radius 1 is 1.20 bits per heavy atom. The summed E-state index contributed by atoms with van der Waals surface area (Å²) in [6.45, 7) is 2.36. The number of carbonyl (C=O) groups is 2. The van der Waals surface area contributed by atoms with Gasteiger partial charge >= 0.3 is 6.09 Å². The van der Waals surface area contributed by atoms with Crippen molar-refractivity contribution in [3.05, 3.63) is 59.6 Å². The van der Waals surface area contributed by atoms with E-state index in [1.54, 1.807) is 31.5 Å². The van der Waals surface area contributed by atoms with Crippen LogP contribution in [0.15, 0.2) is 48.9 Å². The Morgan fingerprint density at radius 3 is 2.85 bits per heavy atom. The van der Waals surface area contributed by atoms with Crippen LogP contribution in [0, 0.1) is 5.82 Å². The average Bonchev–Trinajstić information content (AvgIpc) is 3.67. The molecule has 244 valence electrons. The van der Waals surface area contributed by atoms with E-state index in [0.29, 0.717) is 57.1 Å². The molecule has 2 amide bonds. The molecule has 13 nitrogen and oxygen atoms in total. The Kier molecular flexibility index (Phi) is 11.1. The van der Waals surface area contributed by atoms with Crippen molar-refractivity contribution >= 4 is 50.9 Å². The molecule has 3 heterocycles. The van der Waals surface area contributed by atoms with Gasteiger partial charge in [0.25, 0.3) is 0 Å². The second-order valence-electron chi connectivity index (χ2n) is 10.7. The first-order chi connectivity index (χ1) is 22.3. The number of anilines is 3. The number of methoxy groups -OCH3 is 1. The molecule has 0 bridgehead atoms. The maximum absolute atomic E-state index is 13.4. The van der Waals surface area contributed by atoms with Crippen LogP contribution in [0.3, 0.4) is 0 Å². The number of hydrogen-bond acceptors (Lipinski definition) is 11. The first kappa shape index (κ1) is 32.8.